The van der Waals surface area contributed by atoms with Gasteiger partial charge in [0.1, 0.15) is 18.3 Å². The molecule has 0 spiro atoms. The van der Waals surface area contributed by atoms with E-state index >= 15 is 0 Å². The van der Waals surface area contributed by atoms with Gasteiger partial charge in [0.2, 0.25) is 0 Å². The zero-order valence-corrected chi connectivity index (χ0v) is 22.2. The maximum absolute atomic E-state index is 12.5. The number of nitrogens with zero attached hydrogens (tertiary/aromatic N) is 2. The first kappa shape index (κ1) is 27.9. The summed E-state index contributed by atoms with van der Waals surface area (Å²) in [5, 5.41) is 10.2. The molecule has 1 atom stereocenters. The number of benzene rings is 3. The predicted octanol–water partition coefficient (Wildman–Crippen LogP) is 6.59. The molecule has 2 amide bonds. The highest BCUT2D eigenvalue weighted by Gasteiger charge is 2.31. The molecule has 0 aromatic heterocycles. The van der Waals surface area contributed by atoms with Crippen LogP contribution in [0.3, 0.4) is 0 Å². The summed E-state index contributed by atoms with van der Waals surface area (Å²) in [4.78, 5) is 16.9. The molecule has 4 N–H and O–H groups in total. The van der Waals surface area contributed by atoms with E-state index in [1.807, 2.05) is 19.1 Å². The van der Waals surface area contributed by atoms with Gasteiger partial charge in [0.05, 0.1) is 5.69 Å². The third-order valence-corrected chi connectivity index (χ3v) is 5.93. The molecule has 39 heavy (non-hydrogen) atoms. The Labute approximate surface area is 229 Å². The molecule has 1 unspecified atom stereocenters. The summed E-state index contributed by atoms with van der Waals surface area (Å²) in [5.41, 5.74) is 8.18. The number of urea groups is 1. The van der Waals surface area contributed by atoms with E-state index in [1.165, 1.54) is 30.6 Å². The van der Waals surface area contributed by atoms with E-state index in [-0.39, 0.29) is 16.8 Å². The molecule has 3 aromatic rings. The van der Waals surface area contributed by atoms with Crippen molar-refractivity contribution in [3.63, 3.8) is 0 Å². The zero-order valence-electron chi connectivity index (χ0n) is 21.3. The first-order chi connectivity index (χ1) is 18.5. The number of halogens is 3. The van der Waals surface area contributed by atoms with Crippen molar-refractivity contribution >= 4 is 46.8 Å². The monoisotopic (exact) mass is 556 g/mol. The first-order valence-corrected chi connectivity index (χ1v) is 12.4. The van der Waals surface area contributed by atoms with E-state index in [9.17, 15) is 18.0 Å². The van der Waals surface area contributed by atoms with Crippen molar-refractivity contribution in [2.24, 2.45) is 4.99 Å². The number of carbonyl (C=O) groups excluding carboxylic acids is 1. The summed E-state index contributed by atoms with van der Waals surface area (Å²) in [6.45, 7) is 6.20. The lowest BCUT2D eigenvalue weighted by atomic mass is 9.99. The Morgan fingerprint density at radius 2 is 1.74 bits per heavy atom. The van der Waals surface area contributed by atoms with E-state index in [4.69, 9.17) is 12.2 Å². The molecular weight excluding hydrogens is 529 g/mol. The molecule has 0 bridgehead atoms. The number of thiocarbonyl (C=S) groups is 1. The standard InChI is InChI=1S/C27H27F3N6O2S/c1-16(2)22-14-17(3)4-13-23(22)33-26(39)34-25(37)32-19-7-5-18(6-8-19)24-31-15-36(35-24)20-9-11-21(12-10-20)38-27(28,29)30/h4-16,24,35H,1-3H3,(H3,32,33,34,37,39). The molecule has 12 heteroatoms. The van der Waals surface area contributed by atoms with Gasteiger partial charge in [-0.25, -0.2) is 9.79 Å². The summed E-state index contributed by atoms with van der Waals surface area (Å²) < 4.78 is 41.0. The van der Waals surface area contributed by atoms with E-state index in [2.05, 4.69) is 51.0 Å². The van der Waals surface area contributed by atoms with Crippen LogP contribution >= 0.6 is 12.2 Å². The maximum Gasteiger partial charge on any atom is 0.573 e. The van der Waals surface area contributed by atoms with Gasteiger partial charge in [0.15, 0.2) is 5.11 Å². The number of hydrazine groups is 1. The minimum atomic E-state index is -4.75. The van der Waals surface area contributed by atoms with E-state index in [1.54, 1.807) is 29.3 Å². The van der Waals surface area contributed by atoms with Crippen molar-refractivity contribution in [2.75, 3.05) is 15.6 Å². The Balaban J connectivity index is 1.29. The molecule has 0 saturated heterocycles. The van der Waals surface area contributed by atoms with Gasteiger partial charge in [-0.3, -0.25) is 10.3 Å². The topological polar surface area (TPSA) is 90.0 Å². The molecule has 8 nitrogen and oxygen atoms in total. The number of rotatable bonds is 6. The van der Waals surface area contributed by atoms with Gasteiger partial charge >= 0.3 is 12.4 Å². The number of hydrogen-bond donors (Lipinski definition) is 4. The van der Waals surface area contributed by atoms with Gasteiger partial charge in [-0.2, -0.15) is 5.43 Å². The van der Waals surface area contributed by atoms with Crippen molar-refractivity contribution in [3.8, 4) is 5.75 Å². The van der Waals surface area contributed by atoms with Crippen LogP contribution in [0.25, 0.3) is 0 Å². The van der Waals surface area contributed by atoms with Crippen LogP contribution in [0.4, 0.5) is 35.0 Å². The summed E-state index contributed by atoms with van der Waals surface area (Å²) in [6, 6.07) is 18.0. The molecule has 4 rings (SSSR count). The van der Waals surface area contributed by atoms with Gasteiger partial charge in [-0.15, -0.1) is 13.2 Å². The van der Waals surface area contributed by atoms with Crippen molar-refractivity contribution in [1.29, 1.82) is 0 Å². The summed E-state index contributed by atoms with van der Waals surface area (Å²) in [6.07, 6.45) is -3.62. The molecule has 0 aliphatic carbocycles. The average molecular weight is 557 g/mol. The van der Waals surface area contributed by atoms with Gasteiger partial charge < -0.3 is 15.4 Å². The number of nitrogens with one attached hydrogen (secondary N) is 4. The molecule has 1 heterocycles. The Hall–Kier alpha value is -4.16. The Morgan fingerprint density at radius 1 is 1.05 bits per heavy atom. The number of aryl methyl sites for hydroxylation is 1. The molecule has 1 aliphatic rings. The summed E-state index contributed by atoms with van der Waals surface area (Å²) >= 11 is 5.31. The smallest absolute Gasteiger partial charge is 0.406 e. The second-order valence-electron chi connectivity index (χ2n) is 9.11. The summed E-state index contributed by atoms with van der Waals surface area (Å²) in [5.74, 6) is -0.0233. The van der Waals surface area contributed by atoms with Crippen LogP contribution in [0.15, 0.2) is 71.7 Å². The number of ether oxygens (including phenoxy) is 1. The number of carbonyl (C=O) groups is 1. The normalized spacial score (nSPS) is 14.8. The largest absolute Gasteiger partial charge is 0.573 e. The number of alkyl halides is 3. The van der Waals surface area contributed by atoms with Crippen LogP contribution in [0.1, 0.15) is 42.6 Å². The molecule has 3 aromatic carbocycles. The maximum atomic E-state index is 12.5. The molecule has 1 aliphatic heterocycles. The number of hydrogen-bond acceptors (Lipinski definition) is 6. The predicted molar refractivity (Wildman–Crippen MR) is 150 cm³/mol. The fourth-order valence-electron chi connectivity index (χ4n) is 3.88. The highest BCUT2D eigenvalue weighted by atomic mass is 32.1. The second kappa shape index (κ2) is 11.7. The lowest BCUT2D eigenvalue weighted by Gasteiger charge is -2.19. The minimum absolute atomic E-state index is 0.178. The minimum Gasteiger partial charge on any atom is -0.406 e. The highest BCUT2D eigenvalue weighted by Crippen LogP contribution is 2.28. The second-order valence-corrected chi connectivity index (χ2v) is 9.52. The van der Waals surface area contributed by atoms with Crippen molar-refractivity contribution in [2.45, 2.75) is 39.2 Å². The quantitative estimate of drug-likeness (QED) is 0.256. The van der Waals surface area contributed by atoms with Crippen LogP contribution in [0.5, 0.6) is 5.75 Å². The van der Waals surface area contributed by atoms with Gasteiger partial charge in [-0.1, -0.05) is 43.7 Å². The van der Waals surface area contributed by atoms with Crippen LogP contribution < -0.4 is 31.1 Å². The Kier molecular flexibility index (Phi) is 8.36. The Morgan fingerprint density at radius 3 is 2.38 bits per heavy atom. The fourth-order valence-corrected chi connectivity index (χ4v) is 4.09. The van der Waals surface area contributed by atoms with Crippen molar-refractivity contribution in [1.82, 2.24) is 10.7 Å². The van der Waals surface area contributed by atoms with Crippen LogP contribution in [-0.4, -0.2) is 23.8 Å². The number of amides is 2. The van der Waals surface area contributed by atoms with E-state index < -0.39 is 18.6 Å². The molecular formula is C27H27F3N6O2S. The molecule has 0 saturated carbocycles. The van der Waals surface area contributed by atoms with Gasteiger partial charge in [0, 0.05) is 11.4 Å². The fraction of sp³-hybridized carbons (Fsp3) is 0.222. The summed E-state index contributed by atoms with van der Waals surface area (Å²) in [7, 11) is 0. The highest BCUT2D eigenvalue weighted by molar-refractivity contribution is 7.80. The SMILES string of the molecule is Cc1ccc(NC(=S)NC(=O)Nc2ccc(C3N=CN(c4ccc(OC(F)(F)F)cc4)N3)cc2)c(C(C)C)c1. The third-order valence-electron chi connectivity index (χ3n) is 5.73. The zero-order chi connectivity index (χ0) is 28.2. The van der Waals surface area contributed by atoms with E-state index in [0.717, 1.165) is 22.4 Å². The molecule has 0 fully saturated rings. The Bertz CT molecular complexity index is 1360. The van der Waals surface area contributed by atoms with Crippen LogP contribution in [0, 0.1) is 6.92 Å². The first-order valence-electron chi connectivity index (χ1n) is 12.0. The van der Waals surface area contributed by atoms with Crippen LogP contribution in [-0.2, 0) is 0 Å². The van der Waals surface area contributed by atoms with Gasteiger partial charge in [-0.05, 0) is 78.7 Å². The van der Waals surface area contributed by atoms with E-state index in [0.29, 0.717) is 11.4 Å². The number of aliphatic imine (C=N–C) groups is 1. The average Bonchev–Trinajstić information content (AvgIpc) is 3.35. The lowest BCUT2D eigenvalue weighted by Crippen LogP contribution is -2.37. The van der Waals surface area contributed by atoms with Crippen molar-refractivity contribution in [3.05, 3.63) is 83.4 Å². The number of anilines is 3. The molecule has 204 valence electrons. The van der Waals surface area contributed by atoms with Crippen LogP contribution in [0.2, 0.25) is 0 Å². The lowest BCUT2D eigenvalue weighted by molar-refractivity contribution is -0.274. The molecule has 0 radical (unpaired) electrons. The van der Waals surface area contributed by atoms with Crippen molar-refractivity contribution < 1.29 is 22.7 Å². The van der Waals surface area contributed by atoms with Gasteiger partial charge in [0.25, 0.3) is 0 Å². The third kappa shape index (κ3) is 7.68.